The molecule has 2 aromatic rings. The second kappa shape index (κ2) is 8.34. The third-order valence-electron chi connectivity index (χ3n) is 5.90. The Labute approximate surface area is 173 Å². The molecule has 0 unspecified atom stereocenters. The summed E-state index contributed by atoms with van der Waals surface area (Å²) in [4.78, 5) is 1.24. The monoisotopic (exact) mass is 421 g/mol. The van der Waals surface area contributed by atoms with E-state index in [-0.39, 0.29) is 19.2 Å². The molecule has 0 atom stereocenters. The van der Waals surface area contributed by atoms with Crippen LogP contribution in [0.15, 0.2) is 42.3 Å². The average molecular weight is 421 g/mol. The molecule has 0 amide bonds. The molecule has 0 spiro atoms. The van der Waals surface area contributed by atoms with Gasteiger partial charge in [0.25, 0.3) is 0 Å². The van der Waals surface area contributed by atoms with Crippen LogP contribution in [-0.4, -0.2) is 40.8 Å². The standard InChI is InChI=1S/C22H26F3N3O2/c1-2-30-20-12-18-16(13-28(26-18)17-8-6-15(14-29)7-9-17)11-19(20)27-10-4-3-5-21(27)22(23,24)25/h3-5,11-13,15,17,29H,2,6-10,14H2,1H3. The summed E-state index contributed by atoms with van der Waals surface area (Å²) < 4.78 is 48.4. The predicted molar refractivity (Wildman–Crippen MR) is 110 cm³/mol. The van der Waals surface area contributed by atoms with E-state index >= 15 is 0 Å². The van der Waals surface area contributed by atoms with E-state index in [0.29, 0.717) is 29.5 Å². The summed E-state index contributed by atoms with van der Waals surface area (Å²) in [5.74, 6) is 0.742. The average Bonchev–Trinajstić information content (AvgIpc) is 3.16. The number of aromatic nitrogens is 2. The normalized spacial score (nSPS) is 22.4. The van der Waals surface area contributed by atoms with Crippen LogP contribution in [0.4, 0.5) is 18.9 Å². The number of fused-ring (bicyclic) bond motifs is 1. The molecule has 162 valence electrons. The van der Waals surface area contributed by atoms with Crippen molar-refractivity contribution >= 4 is 16.6 Å². The summed E-state index contributed by atoms with van der Waals surface area (Å²) in [6, 6.07) is 3.71. The maximum Gasteiger partial charge on any atom is 0.431 e. The van der Waals surface area contributed by atoms with Crippen molar-refractivity contribution in [3.05, 3.63) is 42.3 Å². The number of halogens is 3. The highest BCUT2D eigenvalue weighted by molar-refractivity contribution is 5.86. The van der Waals surface area contributed by atoms with Gasteiger partial charge in [-0.05, 0) is 50.7 Å². The predicted octanol–water partition coefficient (Wildman–Crippen LogP) is 4.98. The molecule has 1 aromatic heterocycles. The summed E-state index contributed by atoms with van der Waals surface area (Å²) in [5.41, 5.74) is 0.386. The van der Waals surface area contributed by atoms with E-state index in [9.17, 15) is 18.3 Å². The van der Waals surface area contributed by atoms with E-state index in [0.717, 1.165) is 37.1 Å². The number of ether oxygens (including phenoxy) is 1. The zero-order chi connectivity index (χ0) is 21.3. The maximum atomic E-state index is 13.6. The summed E-state index contributed by atoms with van der Waals surface area (Å²) in [6.07, 6.45) is 5.43. The van der Waals surface area contributed by atoms with Gasteiger partial charge < -0.3 is 14.7 Å². The fourth-order valence-electron chi connectivity index (χ4n) is 4.31. The van der Waals surface area contributed by atoms with Gasteiger partial charge in [0.05, 0.1) is 23.9 Å². The lowest BCUT2D eigenvalue weighted by molar-refractivity contribution is -0.0933. The van der Waals surface area contributed by atoms with Gasteiger partial charge in [0.15, 0.2) is 0 Å². The topological polar surface area (TPSA) is 50.5 Å². The fourth-order valence-corrected chi connectivity index (χ4v) is 4.31. The van der Waals surface area contributed by atoms with Crippen molar-refractivity contribution in [3.63, 3.8) is 0 Å². The van der Waals surface area contributed by atoms with E-state index in [4.69, 9.17) is 4.74 Å². The Morgan fingerprint density at radius 1 is 1.20 bits per heavy atom. The second-order valence-corrected chi connectivity index (χ2v) is 7.87. The largest absolute Gasteiger partial charge is 0.492 e. The number of hydrogen-bond donors (Lipinski definition) is 1. The number of benzene rings is 1. The van der Waals surface area contributed by atoms with E-state index < -0.39 is 11.9 Å². The van der Waals surface area contributed by atoms with Crippen molar-refractivity contribution in [2.24, 2.45) is 5.92 Å². The van der Waals surface area contributed by atoms with Crippen molar-refractivity contribution in [2.45, 2.75) is 44.8 Å². The molecule has 5 nitrogen and oxygen atoms in total. The lowest BCUT2D eigenvalue weighted by Gasteiger charge is -2.30. The van der Waals surface area contributed by atoms with Gasteiger partial charge in [-0.2, -0.15) is 18.3 Å². The maximum absolute atomic E-state index is 13.6. The molecule has 0 radical (unpaired) electrons. The Bertz CT molecular complexity index is 956. The first-order valence-corrected chi connectivity index (χ1v) is 10.4. The van der Waals surface area contributed by atoms with Gasteiger partial charge in [-0.15, -0.1) is 0 Å². The van der Waals surface area contributed by atoms with Crippen LogP contribution in [-0.2, 0) is 0 Å². The van der Waals surface area contributed by atoms with Gasteiger partial charge in [-0.3, -0.25) is 4.68 Å². The van der Waals surface area contributed by atoms with Crippen molar-refractivity contribution in [1.29, 1.82) is 0 Å². The highest BCUT2D eigenvalue weighted by atomic mass is 19.4. The molecule has 2 aliphatic rings. The number of aliphatic hydroxyl groups is 1. The number of nitrogens with zero attached hydrogens (tertiary/aromatic N) is 3. The summed E-state index contributed by atoms with van der Waals surface area (Å²) >= 11 is 0. The Hall–Kier alpha value is -2.48. The molecule has 1 fully saturated rings. The Morgan fingerprint density at radius 2 is 1.97 bits per heavy atom. The summed E-state index contributed by atoms with van der Waals surface area (Å²) in [6.45, 7) is 2.49. The van der Waals surface area contributed by atoms with Gasteiger partial charge in [-0.25, -0.2) is 0 Å². The van der Waals surface area contributed by atoms with Crippen LogP contribution in [0.5, 0.6) is 5.75 Å². The molecule has 0 bridgehead atoms. The fraction of sp³-hybridized carbons (Fsp3) is 0.500. The van der Waals surface area contributed by atoms with E-state index in [2.05, 4.69) is 5.10 Å². The van der Waals surface area contributed by atoms with E-state index in [1.165, 1.54) is 11.0 Å². The molecule has 1 aliphatic heterocycles. The van der Waals surface area contributed by atoms with Crippen molar-refractivity contribution in [3.8, 4) is 5.75 Å². The van der Waals surface area contributed by atoms with Crippen LogP contribution < -0.4 is 9.64 Å². The molecular weight excluding hydrogens is 395 g/mol. The highest BCUT2D eigenvalue weighted by Crippen LogP contribution is 2.41. The van der Waals surface area contributed by atoms with Crippen LogP contribution in [0.3, 0.4) is 0 Å². The summed E-state index contributed by atoms with van der Waals surface area (Å²) in [5, 5.41) is 14.8. The van der Waals surface area contributed by atoms with Crippen LogP contribution in [0.1, 0.15) is 38.6 Å². The molecule has 1 aromatic carbocycles. The number of allylic oxidation sites excluding steroid dienone is 3. The minimum Gasteiger partial charge on any atom is -0.492 e. The third-order valence-corrected chi connectivity index (χ3v) is 5.90. The number of aliphatic hydroxyl groups excluding tert-OH is 1. The number of hydrogen-bond acceptors (Lipinski definition) is 4. The van der Waals surface area contributed by atoms with Gasteiger partial charge in [0, 0.05) is 30.8 Å². The smallest absolute Gasteiger partial charge is 0.431 e. The number of anilines is 1. The molecule has 1 saturated carbocycles. The number of rotatable bonds is 5. The van der Waals surface area contributed by atoms with Crippen molar-refractivity contribution in [1.82, 2.24) is 9.78 Å². The zero-order valence-corrected chi connectivity index (χ0v) is 16.9. The zero-order valence-electron chi connectivity index (χ0n) is 16.9. The first kappa shape index (κ1) is 20.8. The summed E-state index contributed by atoms with van der Waals surface area (Å²) in [7, 11) is 0. The van der Waals surface area contributed by atoms with Crippen molar-refractivity contribution < 1.29 is 23.0 Å². The molecule has 4 rings (SSSR count). The molecule has 0 saturated heterocycles. The van der Waals surface area contributed by atoms with Gasteiger partial charge >= 0.3 is 6.18 Å². The lowest BCUT2D eigenvalue weighted by atomic mass is 9.87. The Morgan fingerprint density at radius 3 is 2.63 bits per heavy atom. The van der Waals surface area contributed by atoms with Gasteiger partial charge in [0.2, 0.25) is 0 Å². The molecule has 8 heteroatoms. The van der Waals surface area contributed by atoms with Gasteiger partial charge in [-0.1, -0.05) is 12.2 Å². The first-order chi connectivity index (χ1) is 14.4. The third kappa shape index (κ3) is 4.05. The Balaban J connectivity index is 1.70. The van der Waals surface area contributed by atoms with E-state index in [1.54, 1.807) is 18.2 Å². The van der Waals surface area contributed by atoms with Gasteiger partial charge in [0.1, 0.15) is 11.4 Å². The quantitative estimate of drug-likeness (QED) is 0.740. The number of alkyl halides is 3. The minimum atomic E-state index is -4.46. The molecule has 30 heavy (non-hydrogen) atoms. The first-order valence-electron chi connectivity index (χ1n) is 10.4. The molecule has 2 heterocycles. The van der Waals surface area contributed by atoms with Crippen molar-refractivity contribution in [2.75, 3.05) is 24.7 Å². The highest BCUT2D eigenvalue weighted by Gasteiger charge is 2.39. The van der Waals surface area contributed by atoms with Crippen LogP contribution >= 0.6 is 0 Å². The SMILES string of the molecule is CCOc1cc2nn(C3CCC(CO)CC3)cc2cc1N1CC=CC=C1C(F)(F)F. The molecule has 1 N–H and O–H groups in total. The molecular formula is C22H26F3N3O2. The van der Waals surface area contributed by atoms with Crippen LogP contribution in [0.2, 0.25) is 0 Å². The Kier molecular flexibility index (Phi) is 5.77. The van der Waals surface area contributed by atoms with E-state index in [1.807, 2.05) is 17.8 Å². The van der Waals surface area contributed by atoms with Crippen LogP contribution in [0.25, 0.3) is 10.9 Å². The molecule has 1 aliphatic carbocycles. The minimum absolute atomic E-state index is 0.121. The lowest BCUT2D eigenvalue weighted by Crippen LogP contribution is -2.33. The second-order valence-electron chi connectivity index (χ2n) is 7.87. The van der Waals surface area contributed by atoms with Crippen LogP contribution in [0, 0.1) is 5.92 Å².